The molecular formula is C21H21NO5. The second-order valence-corrected chi connectivity index (χ2v) is 6.02. The zero-order valence-electron chi connectivity index (χ0n) is 15.0. The van der Waals surface area contributed by atoms with Crippen LogP contribution >= 0.6 is 0 Å². The molecular weight excluding hydrogens is 346 g/mol. The summed E-state index contributed by atoms with van der Waals surface area (Å²) < 4.78 is 16.1. The van der Waals surface area contributed by atoms with Gasteiger partial charge in [0.2, 0.25) is 0 Å². The lowest BCUT2D eigenvalue weighted by atomic mass is 10.2. The first kappa shape index (κ1) is 18.5. The summed E-state index contributed by atoms with van der Waals surface area (Å²) in [4.78, 5) is 24.0. The summed E-state index contributed by atoms with van der Waals surface area (Å²) in [6, 6.07) is 14.9. The highest BCUT2D eigenvalue weighted by molar-refractivity contribution is 5.90. The van der Waals surface area contributed by atoms with Crippen molar-refractivity contribution in [3.8, 4) is 11.5 Å². The Morgan fingerprint density at radius 2 is 1.85 bits per heavy atom. The van der Waals surface area contributed by atoms with Crippen LogP contribution in [0, 0.1) is 0 Å². The predicted octanol–water partition coefficient (Wildman–Crippen LogP) is 2.72. The number of fused-ring (bicyclic) bond motifs is 1. The molecule has 1 aliphatic rings. The van der Waals surface area contributed by atoms with Crippen molar-refractivity contribution in [3.63, 3.8) is 0 Å². The van der Waals surface area contributed by atoms with Crippen molar-refractivity contribution in [1.29, 1.82) is 0 Å². The quantitative estimate of drug-likeness (QED) is 0.628. The maximum Gasteiger partial charge on any atom is 0.331 e. The van der Waals surface area contributed by atoms with E-state index in [0.717, 1.165) is 11.1 Å². The topological polar surface area (TPSA) is 73.9 Å². The molecule has 1 aliphatic heterocycles. The molecule has 6 heteroatoms. The molecule has 2 aromatic rings. The van der Waals surface area contributed by atoms with Gasteiger partial charge in [-0.05, 0) is 36.3 Å². The Kier molecular flexibility index (Phi) is 6.10. The van der Waals surface area contributed by atoms with Crippen LogP contribution in [0.4, 0.5) is 0 Å². The molecule has 1 heterocycles. The lowest BCUT2D eigenvalue weighted by molar-refractivity contribution is -0.150. The van der Waals surface area contributed by atoms with E-state index >= 15 is 0 Å². The lowest BCUT2D eigenvalue weighted by Gasteiger charge is -2.18. The van der Waals surface area contributed by atoms with Gasteiger partial charge in [-0.3, -0.25) is 4.79 Å². The van der Waals surface area contributed by atoms with Crippen LogP contribution in [0.3, 0.4) is 0 Å². The minimum absolute atomic E-state index is 0.347. The summed E-state index contributed by atoms with van der Waals surface area (Å²) in [5.41, 5.74) is 1.75. The maximum absolute atomic E-state index is 12.0. The Balaban J connectivity index is 1.49. The fourth-order valence-electron chi connectivity index (χ4n) is 2.52. The SMILES string of the molecule is C[C@@H](OC(=O)/C=C/c1ccc2c(c1)OCCO2)C(=O)NCc1ccccc1. The highest BCUT2D eigenvalue weighted by Gasteiger charge is 2.16. The van der Waals surface area contributed by atoms with Crippen molar-refractivity contribution in [2.24, 2.45) is 0 Å². The lowest BCUT2D eigenvalue weighted by Crippen LogP contribution is -2.35. The van der Waals surface area contributed by atoms with Gasteiger partial charge in [0.1, 0.15) is 13.2 Å². The van der Waals surface area contributed by atoms with E-state index in [4.69, 9.17) is 14.2 Å². The van der Waals surface area contributed by atoms with Gasteiger partial charge in [0, 0.05) is 12.6 Å². The number of hydrogen-bond donors (Lipinski definition) is 1. The van der Waals surface area contributed by atoms with Crippen LogP contribution in [0.15, 0.2) is 54.6 Å². The van der Waals surface area contributed by atoms with E-state index in [1.165, 1.54) is 13.0 Å². The smallest absolute Gasteiger partial charge is 0.331 e. The minimum Gasteiger partial charge on any atom is -0.486 e. The van der Waals surface area contributed by atoms with E-state index in [9.17, 15) is 9.59 Å². The van der Waals surface area contributed by atoms with Crippen molar-refractivity contribution in [2.75, 3.05) is 13.2 Å². The number of esters is 1. The Bertz CT molecular complexity index is 832. The number of nitrogens with one attached hydrogen (secondary N) is 1. The number of carbonyl (C=O) groups is 2. The molecule has 0 aliphatic carbocycles. The molecule has 0 radical (unpaired) electrons. The van der Waals surface area contributed by atoms with Crippen molar-refractivity contribution < 1.29 is 23.8 Å². The monoisotopic (exact) mass is 367 g/mol. The Labute approximate surface area is 157 Å². The third-order valence-corrected chi connectivity index (χ3v) is 3.95. The largest absolute Gasteiger partial charge is 0.486 e. The van der Waals surface area contributed by atoms with E-state index in [1.54, 1.807) is 18.2 Å². The molecule has 0 aromatic heterocycles. The van der Waals surface area contributed by atoms with Crippen molar-refractivity contribution in [2.45, 2.75) is 19.6 Å². The van der Waals surface area contributed by atoms with Gasteiger partial charge in [0.15, 0.2) is 17.6 Å². The first-order valence-electron chi connectivity index (χ1n) is 8.72. The van der Waals surface area contributed by atoms with Crippen LogP contribution in [0.5, 0.6) is 11.5 Å². The highest BCUT2D eigenvalue weighted by Crippen LogP contribution is 2.31. The number of benzene rings is 2. The van der Waals surface area contributed by atoms with Gasteiger partial charge in [-0.15, -0.1) is 0 Å². The standard InChI is InChI=1S/C21H21NO5/c1-15(21(24)22-14-17-5-3-2-4-6-17)27-20(23)10-8-16-7-9-18-19(13-16)26-12-11-25-18/h2-10,13,15H,11-12,14H2,1H3,(H,22,24)/b10-8+/t15-/m1/s1. The molecule has 0 saturated heterocycles. The molecule has 140 valence electrons. The van der Waals surface area contributed by atoms with Gasteiger partial charge < -0.3 is 19.5 Å². The van der Waals surface area contributed by atoms with Gasteiger partial charge in [-0.1, -0.05) is 36.4 Å². The fraction of sp³-hybridized carbons (Fsp3) is 0.238. The molecule has 2 aromatic carbocycles. The van der Waals surface area contributed by atoms with Gasteiger partial charge in [0.05, 0.1) is 0 Å². The molecule has 1 N–H and O–H groups in total. The molecule has 0 saturated carbocycles. The molecule has 0 unspecified atom stereocenters. The Hall–Kier alpha value is -3.28. The van der Waals surface area contributed by atoms with E-state index in [-0.39, 0.29) is 5.91 Å². The number of ether oxygens (including phenoxy) is 3. The molecule has 1 amide bonds. The normalized spacial score (nSPS) is 13.8. The predicted molar refractivity (Wildman–Crippen MR) is 100 cm³/mol. The summed E-state index contributed by atoms with van der Waals surface area (Å²) in [6.45, 7) is 2.95. The van der Waals surface area contributed by atoms with Crippen molar-refractivity contribution in [1.82, 2.24) is 5.32 Å². The number of rotatable bonds is 6. The number of hydrogen-bond acceptors (Lipinski definition) is 5. The average Bonchev–Trinajstić information content (AvgIpc) is 2.71. The molecule has 6 nitrogen and oxygen atoms in total. The van der Waals surface area contributed by atoms with Gasteiger partial charge in [-0.25, -0.2) is 4.79 Å². The van der Waals surface area contributed by atoms with Gasteiger partial charge in [0.25, 0.3) is 5.91 Å². The summed E-state index contributed by atoms with van der Waals surface area (Å²) in [7, 11) is 0. The first-order chi connectivity index (χ1) is 13.1. The third kappa shape index (κ3) is 5.34. The molecule has 1 atom stereocenters. The minimum atomic E-state index is -0.883. The Morgan fingerprint density at radius 3 is 2.63 bits per heavy atom. The average molecular weight is 367 g/mol. The molecule has 27 heavy (non-hydrogen) atoms. The van der Waals surface area contributed by atoms with E-state index in [0.29, 0.717) is 31.3 Å². The molecule has 3 rings (SSSR count). The van der Waals surface area contributed by atoms with Gasteiger partial charge >= 0.3 is 5.97 Å². The summed E-state index contributed by atoms with van der Waals surface area (Å²) in [5.74, 6) is 0.391. The van der Waals surface area contributed by atoms with Crippen molar-refractivity contribution >= 4 is 18.0 Å². The second kappa shape index (κ2) is 8.89. The zero-order chi connectivity index (χ0) is 19.1. The summed E-state index contributed by atoms with van der Waals surface area (Å²) >= 11 is 0. The molecule has 0 fully saturated rings. The summed E-state index contributed by atoms with van der Waals surface area (Å²) in [6.07, 6.45) is 2.01. The maximum atomic E-state index is 12.0. The Morgan fingerprint density at radius 1 is 1.11 bits per heavy atom. The second-order valence-electron chi connectivity index (χ2n) is 6.02. The van der Waals surface area contributed by atoms with E-state index < -0.39 is 12.1 Å². The van der Waals surface area contributed by atoms with Crippen LogP contribution < -0.4 is 14.8 Å². The first-order valence-corrected chi connectivity index (χ1v) is 8.72. The molecule has 0 bridgehead atoms. The third-order valence-electron chi connectivity index (χ3n) is 3.95. The fourth-order valence-corrected chi connectivity index (χ4v) is 2.52. The van der Waals surface area contributed by atoms with Gasteiger partial charge in [-0.2, -0.15) is 0 Å². The zero-order valence-corrected chi connectivity index (χ0v) is 15.0. The van der Waals surface area contributed by atoms with E-state index in [1.807, 2.05) is 36.4 Å². The highest BCUT2D eigenvalue weighted by atomic mass is 16.6. The van der Waals surface area contributed by atoms with Crippen LogP contribution in [0.1, 0.15) is 18.1 Å². The van der Waals surface area contributed by atoms with Crippen LogP contribution in [-0.2, 0) is 20.9 Å². The van der Waals surface area contributed by atoms with Crippen LogP contribution in [0.25, 0.3) is 6.08 Å². The van der Waals surface area contributed by atoms with Crippen LogP contribution in [-0.4, -0.2) is 31.2 Å². The molecule has 0 spiro atoms. The van der Waals surface area contributed by atoms with Crippen molar-refractivity contribution in [3.05, 3.63) is 65.7 Å². The number of carbonyl (C=O) groups excluding carboxylic acids is 2. The van der Waals surface area contributed by atoms with Crippen LogP contribution in [0.2, 0.25) is 0 Å². The number of amides is 1. The van der Waals surface area contributed by atoms with E-state index in [2.05, 4.69) is 5.32 Å². The summed E-state index contributed by atoms with van der Waals surface area (Å²) in [5, 5.41) is 2.74.